The van der Waals surface area contributed by atoms with Gasteiger partial charge in [0.05, 0.1) is 5.70 Å². The van der Waals surface area contributed by atoms with Crippen LogP contribution in [-0.4, -0.2) is 24.7 Å². The Labute approximate surface area is 90.3 Å². The molecule has 0 aromatic rings. The number of halogens is 1. The Kier molecular flexibility index (Phi) is 6.58. The van der Waals surface area contributed by atoms with Crippen molar-refractivity contribution in [2.24, 2.45) is 10.7 Å². The largest absolute Gasteiger partial charge is 0.396 e. The summed E-state index contributed by atoms with van der Waals surface area (Å²) in [6.45, 7) is 6.27. The zero-order chi connectivity index (χ0) is 11.0. The summed E-state index contributed by atoms with van der Waals surface area (Å²) in [5.74, 6) is 0. The number of rotatable bonds is 5. The van der Waals surface area contributed by atoms with Gasteiger partial charge in [-0.25, -0.2) is 0 Å². The first kappa shape index (κ1) is 12.8. The fraction of sp³-hybridized carbons (Fsp3) is 0.300. The number of allylic oxidation sites excluding steroid dienone is 2. The molecule has 14 heavy (non-hydrogen) atoms. The van der Waals surface area contributed by atoms with E-state index < -0.39 is 0 Å². The average Bonchev–Trinajstić information content (AvgIpc) is 2.21. The number of nitrogens with two attached hydrogens (primary N) is 1. The van der Waals surface area contributed by atoms with Crippen molar-refractivity contribution in [1.29, 1.82) is 0 Å². The van der Waals surface area contributed by atoms with Crippen LogP contribution >= 0.6 is 11.6 Å². The van der Waals surface area contributed by atoms with E-state index in [4.69, 9.17) is 17.3 Å². The van der Waals surface area contributed by atoms with Crippen LogP contribution in [0.2, 0.25) is 0 Å². The summed E-state index contributed by atoms with van der Waals surface area (Å²) in [5, 5.41) is 0.446. The molecule has 0 aliphatic heterocycles. The molecule has 0 amide bonds. The van der Waals surface area contributed by atoms with Crippen LogP contribution < -0.4 is 5.73 Å². The van der Waals surface area contributed by atoms with Crippen molar-refractivity contribution in [3.05, 3.63) is 35.8 Å². The molecule has 0 bridgehead atoms. The Bertz CT molecular complexity index is 267. The maximum atomic E-state index is 5.91. The maximum Gasteiger partial charge on any atom is 0.131 e. The maximum absolute atomic E-state index is 5.91. The highest BCUT2D eigenvalue weighted by Gasteiger charge is 1.99. The van der Waals surface area contributed by atoms with Crippen LogP contribution in [0.1, 0.15) is 6.92 Å². The third kappa shape index (κ3) is 4.72. The summed E-state index contributed by atoms with van der Waals surface area (Å²) >= 11 is 5.91. The molecule has 0 saturated heterocycles. The fourth-order valence-electron chi connectivity index (χ4n) is 0.687. The zero-order valence-electron chi connectivity index (χ0n) is 8.57. The van der Waals surface area contributed by atoms with Gasteiger partial charge in [-0.05, 0) is 19.1 Å². The molecule has 0 fully saturated rings. The highest BCUT2D eigenvalue weighted by molar-refractivity contribution is 6.29. The Morgan fingerprint density at radius 3 is 2.79 bits per heavy atom. The van der Waals surface area contributed by atoms with Gasteiger partial charge in [-0.3, -0.25) is 4.99 Å². The molecule has 0 radical (unpaired) electrons. The Morgan fingerprint density at radius 1 is 1.64 bits per heavy atom. The first-order chi connectivity index (χ1) is 6.63. The molecule has 0 aromatic carbocycles. The van der Waals surface area contributed by atoms with E-state index in [1.165, 1.54) is 6.08 Å². The first-order valence-electron chi connectivity index (χ1n) is 4.30. The molecule has 0 aliphatic carbocycles. The van der Waals surface area contributed by atoms with Crippen molar-refractivity contribution in [1.82, 2.24) is 4.90 Å². The Morgan fingerprint density at radius 2 is 2.29 bits per heavy atom. The lowest BCUT2D eigenvalue weighted by Crippen LogP contribution is -2.11. The second kappa shape index (κ2) is 7.21. The van der Waals surface area contributed by atoms with E-state index in [1.807, 2.05) is 6.92 Å². The molecule has 0 saturated carbocycles. The summed E-state index contributed by atoms with van der Waals surface area (Å²) < 4.78 is 0. The van der Waals surface area contributed by atoms with Crippen molar-refractivity contribution in [2.45, 2.75) is 6.92 Å². The highest BCUT2D eigenvalue weighted by atomic mass is 35.5. The van der Waals surface area contributed by atoms with E-state index in [1.54, 1.807) is 30.4 Å². The molecule has 0 atom stereocenters. The van der Waals surface area contributed by atoms with Gasteiger partial charge in [0.2, 0.25) is 0 Å². The molecule has 2 N–H and O–H groups in total. The number of hydrogen-bond donors (Lipinski definition) is 1. The molecule has 0 aromatic heterocycles. The van der Waals surface area contributed by atoms with Gasteiger partial charge in [-0.2, -0.15) is 0 Å². The summed E-state index contributed by atoms with van der Waals surface area (Å²) in [4.78, 5) is 5.71. The topological polar surface area (TPSA) is 41.6 Å². The molecule has 0 rings (SSSR count). The van der Waals surface area contributed by atoms with E-state index in [-0.39, 0.29) is 0 Å². The SMILES string of the molecule is C=C/C(N)=C(\Cl)N(C)/C=C\C=NCC. The number of aliphatic imine (C=N–C) groups is 1. The van der Waals surface area contributed by atoms with Gasteiger partial charge in [-0.15, -0.1) is 0 Å². The van der Waals surface area contributed by atoms with Crippen LogP contribution in [0, 0.1) is 0 Å². The predicted octanol–water partition coefficient (Wildman–Crippen LogP) is 2.08. The van der Waals surface area contributed by atoms with Crippen molar-refractivity contribution in [2.75, 3.05) is 13.6 Å². The van der Waals surface area contributed by atoms with Gasteiger partial charge < -0.3 is 10.6 Å². The Balaban J connectivity index is 4.34. The van der Waals surface area contributed by atoms with E-state index in [2.05, 4.69) is 11.6 Å². The minimum Gasteiger partial charge on any atom is -0.396 e. The highest BCUT2D eigenvalue weighted by Crippen LogP contribution is 2.10. The van der Waals surface area contributed by atoms with Gasteiger partial charge in [-0.1, -0.05) is 18.2 Å². The van der Waals surface area contributed by atoms with E-state index in [0.29, 0.717) is 10.9 Å². The quantitative estimate of drug-likeness (QED) is 0.432. The van der Waals surface area contributed by atoms with Crippen LogP contribution in [0.25, 0.3) is 0 Å². The normalized spacial score (nSPS) is 13.4. The van der Waals surface area contributed by atoms with Gasteiger partial charge in [0.15, 0.2) is 0 Å². The second-order valence-electron chi connectivity index (χ2n) is 2.55. The molecule has 0 heterocycles. The first-order valence-corrected chi connectivity index (χ1v) is 4.68. The van der Waals surface area contributed by atoms with Gasteiger partial charge in [0, 0.05) is 26.0 Å². The summed E-state index contributed by atoms with van der Waals surface area (Å²) in [5.41, 5.74) is 6.02. The van der Waals surface area contributed by atoms with Crippen molar-refractivity contribution >= 4 is 17.8 Å². The third-order valence-corrected chi connectivity index (χ3v) is 1.94. The third-order valence-electron chi connectivity index (χ3n) is 1.45. The second-order valence-corrected chi connectivity index (χ2v) is 2.91. The molecule has 3 nitrogen and oxygen atoms in total. The minimum atomic E-state index is 0.446. The standard InChI is InChI=1S/C10H16ClN3/c1-4-9(12)10(11)14(3)8-6-7-13-5-2/h4,6-8H,1,5,12H2,2-3H3/b8-6-,10-9-,13-7?. The molecule has 78 valence electrons. The smallest absolute Gasteiger partial charge is 0.131 e. The zero-order valence-corrected chi connectivity index (χ0v) is 9.33. The lowest BCUT2D eigenvalue weighted by molar-refractivity contribution is 0.602. The monoisotopic (exact) mass is 213 g/mol. The van der Waals surface area contributed by atoms with E-state index in [0.717, 1.165) is 6.54 Å². The summed E-state index contributed by atoms with van der Waals surface area (Å²) in [7, 11) is 1.80. The molecular weight excluding hydrogens is 198 g/mol. The van der Waals surface area contributed by atoms with Crippen molar-refractivity contribution < 1.29 is 0 Å². The van der Waals surface area contributed by atoms with Gasteiger partial charge in [0.25, 0.3) is 0 Å². The van der Waals surface area contributed by atoms with E-state index >= 15 is 0 Å². The summed E-state index contributed by atoms with van der Waals surface area (Å²) in [6, 6.07) is 0. The van der Waals surface area contributed by atoms with Crippen molar-refractivity contribution in [3.8, 4) is 0 Å². The van der Waals surface area contributed by atoms with Gasteiger partial charge >= 0.3 is 0 Å². The average molecular weight is 214 g/mol. The molecule has 0 unspecified atom stereocenters. The number of nitrogens with zero attached hydrogens (tertiary/aromatic N) is 2. The molecule has 4 heteroatoms. The fourth-order valence-corrected chi connectivity index (χ4v) is 0.821. The van der Waals surface area contributed by atoms with Crippen LogP contribution in [0.15, 0.2) is 40.8 Å². The summed E-state index contributed by atoms with van der Waals surface area (Å²) in [6.07, 6.45) is 6.79. The molecular formula is C10H16ClN3. The lowest BCUT2D eigenvalue weighted by Gasteiger charge is -2.13. The van der Waals surface area contributed by atoms with Crippen LogP contribution in [0.5, 0.6) is 0 Å². The van der Waals surface area contributed by atoms with E-state index in [9.17, 15) is 0 Å². The molecule has 0 spiro atoms. The lowest BCUT2D eigenvalue weighted by atomic mass is 10.4. The van der Waals surface area contributed by atoms with Crippen LogP contribution in [-0.2, 0) is 0 Å². The minimum absolute atomic E-state index is 0.446. The molecule has 0 aliphatic rings. The predicted molar refractivity (Wildman–Crippen MR) is 63.2 cm³/mol. The van der Waals surface area contributed by atoms with Crippen molar-refractivity contribution in [3.63, 3.8) is 0 Å². The van der Waals surface area contributed by atoms with Crippen LogP contribution in [0.3, 0.4) is 0 Å². The number of hydrogen-bond acceptors (Lipinski definition) is 3. The van der Waals surface area contributed by atoms with Crippen LogP contribution in [0.4, 0.5) is 0 Å². The Hall–Kier alpha value is -1.22. The van der Waals surface area contributed by atoms with Gasteiger partial charge in [0.1, 0.15) is 5.16 Å².